The molecule has 2 aromatic rings. The van der Waals surface area contributed by atoms with Crippen LogP contribution >= 0.6 is 11.3 Å². The zero-order valence-corrected chi connectivity index (χ0v) is 12.8. The van der Waals surface area contributed by atoms with E-state index in [2.05, 4.69) is 20.5 Å². The number of hydrogen-bond donors (Lipinski definition) is 1. The minimum atomic E-state index is -0.532. The van der Waals surface area contributed by atoms with Gasteiger partial charge in [0.1, 0.15) is 5.60 Å². The molecule has 0 aromatic carbocycles. The number of rotatable bonds is 3. The number of amides is 1. The van der Waals surface area contributed by atoms with Crippen LogP contribution in [0.3, 0.4) is 0 Å². The van der Waals surface area contributed by atoms with Gasteiger partial charge in [0, 0.05) is 11.6 Å². The number of hydrogen-bond acceptors (Lipinski definition) is 6. The van der Waals surface area contributed by atoms with Gasteiger partial charge in [-0.25, -0.2) is 9.78 Å². The largest absolute Gasteiger partial charge is 0.444 e. The first-order valence-electron chi connectivity index (χ1n) is 6.34. The Morgan fingerprint density at radius 3 is 2.76 bits per heavy atom. The van der Waals surface area contributed by atoms with Crippen LogP contribution in [0.1, 0.15) is 32.2 Å². The molecule has 0 aliphatic heterocycles. The summed E-state index contributed by atoms with van der Waals surface area (Å²) < 4.78 is 5.16. The lowest BCUT2D eigenvalue weighted by atomic mass is 10.2. The molecule has 7 heteroatoms. The van der Waals surface area contributed by atoms with Crippen LogP contribution in [-0.4, -0.2) is 26.9 Å². The number of aromatic nitrogens is 3. The third-order valence-corrected chi connectivity index (χ3v) is 2.92. The number of thiazole rings is 1. The molecule has 21 heavy (non-hydrogen) atoms. The second-order valence-electron chi connectivity index (χ2n) is 5.19. The number of nitrogens with one attached hydrogen (secondary N) is 1. The van der Waals surface area contributed by atoms with Crippen LogP contribution in [0.25, 0.3) is 12.2 Å². The summed E-state index contributed by atoms with van der Waals surface area (Å²) in [5.74, 6) is 0. The molecule has 6 nitrogen and oxygen atoms in total. The highest BCUT2D eigenvalue weighted by atomic mass is 32.1. The van der Waals surface area contributed by atoms with Gasteiger partial charge in [-0.1, -0.05) is 0 Å². The van der Waals surface area contributed by atoms with Crippen molar-refractivity contribution in [1.82, 2.24) is 15.2 Å². The third-order valence-electron chi connectivity index (χ3n) is 2.15. The summed E-state index contributed by atoms with van der Waals surface area (Å²) in [5.41, 5.74) is 0.944. The number of ether oxygens (including phenoxy) is 1. The van der Waals surface area contributed by atoms with Gasteiger partial charge in [0.2, 0.25) is 0 Å². The predicted octanol–water partition coefficient (Wildman–Crippen LogP) is 3.45. The summed E-state index contributed by atoms with van der Waals surface area (Å²) in [7, 11) is 0. The summed E-state index contributed by atoms with van der Waals surface area (Å²) >= 11 is 1.33. The Bertz CT molecular complexity index is 632. The van der Waals surface area contributed by atoms with Crippen LogP contribution in [0.15, 0.2) is 23.7 Å². The first-order valence-corrected chi connectivity index (χ1v) is 7.22. The maximum Gasteiger partial charge on any atom is 0.413 e. The van der Waals surface area contributed by atoms with Gasteiger partial charge in [0.05, 0.1) is 11.4 Å². The van der Waals surface area contributed by atoms with Crippen molar-refractivity contribution in [2.75, 3.05) is 5.32 Å². The van der Waals surface area contributed by atoms with E-state index in [1.165, 1.54) is 11.3 Å². The summed E-state index contributed by atoms with van der Waals surface area (Å²) in [6.07, 6.45) is 4.71. The minimum Gasteiger partial charge on any atom is -0.444 e. The Morgan fingerprint density at radius 2 is 2.10 bits per heavy atom. The van der Waals surface area contributed by atoms with Gasteiger partial charge in [-0.15, -0.1) is 11.3 Å². The molecule has 1 N–H and O–H groups in total. The normalized spacial score (nSPS) is 11.6. The zero-order chi connectivity index (χ0) is 15.3. The van der Waals surface area contributed by atoms with Crippen molar-refractivity contribution in [3.8, 4) is 0 Å². The Hall–Kier alpha value is -2.28. The van der Waals surface area contributed by atoms with Crippen LogP contribution in [-0.2, 0) is 4.74 Å². The van der Waals surface area contributed by atoms with Crippen molar-refractivity contribution in [3.63, 3.8) is 0 Å². The third kappa shape index (κ3) is 5.31. The molecule has 0 fully saturated rings. The average molecular weight is 304 g/mol. The molecule has 2 heterocycles. The molecule has 0 unspecified atom stereocenters. The molecule has 2 aromatic heterocycles. The highest BCUT2D eigenvalue weighted by Gasteiger charge is 2.16. The van der Waals surface area contributed by atoms with Gasteiger partial charge < -0.3 is 4.74 Å². The molecule has 1 amide bonds. The molecule has 0 aliphatic rings. The van der Waals surface area contributed by atoms with E-state index in [1.807, 2.05) is 38.3 Å². The van der Waals surface area contributed by atoms with E-state index in [0.717, 1.165) is 11.4 Å². The van der Waals surface area contributed by atoms with Crippen LogP contribution in [0.4, 0.5) is 9.93 Å². The number of nitrogens with zero attached hydrogens (tertiary/aromatic N) is 3. The fraction of sp³-hybridized carbons (Fsp3) is 0.286. The molecule has 0 saturated heterocycles. The maximum atomic E-state index is 11.6. The van der Waals surface area contributed by atoms with E-state index in [0.29, 0.717) is 5.13 Å². The first kappa shape index (κ1) is 15.1. The molecule has 0 saturated carbocycles. The molecular weight excluding hydrogens is 288 g/mol. The fourth-order valence-electron chi connectivity index (χ4n) is 1.38. The van der Waals surface area contributed by atoms with E-state index in [9.17, 15) is 4.79 Å². The molecule has 0 aliphatic carbocycles. The van der Waals surface area contributed by atoms with Crippen molar-refractivity contribution in [1.29, 1.82) is 0 Å². The SMILES string of the molecule is CC(C)(C)OC(=O)Nc1nc(/C=C/c2cccnn2)cs1. The Kier molecular flexibility index (Phi) is 4.64. The standard InChI is InChI=1S/C14H16N4O2S/c1-14(2,3)20-13(19)17-12-16-11(9-21-12)7-6-10-5-4-8-15-18-10/h4-9H,1-3H3,(H,16,17,19)/b7-6+. The summed E-state index contributed by atoms with van der Waals surface area (Å²) in [6.45, 7) is 5.43. The smallest absolute Gasteiger partial charge is 0.413 e. The summed E-state index contributed by atoms with van der Waals surface area (Å²) in [5, 5.41) is 12.6. The highest BCUT2D eigenvalue weighted by molar-refractivity contribution is 7.14. The molecular formula is C14H16N4O2S. The Labute approximate surface area is 126 Å². The Morgan fingerprint density at radius 1 is 1.33 bits per heavy atom. The average Bonchev–Trinajstić information content (AvgIpc) is 2.83. The van der Waals surface area contributed by atoms with E-state index in [1.54, 1.807) is 18.3 Å². The van der Waals surface area contributed by atoms with E-state index < -0.39 is 11.7 Å². The number of carbonyl (C=O) groups excluding carboxylic acids is 1. The first-order chi connectivity index (χ1) is 9.92. The minimum absolute atomic E-state index is 0.489. The van der Waals surface area contributed by atoms with Gasteiger partial charge in [0.15, 0.2) is 5.13 Å². The fourth-order valence-corrected chi connectivity index (χ4v) is 2.05. The van der Waals surface area contributed by atoms with Crippen LogP contribution in [0.5, 0.6) is 0 Å². The lowest BCUT2D eigenvalue weighted by Gasteiger charge is -2.18. The topological polar surface area (TPSA) is 77.0 Å². The van der Waals surface area contributed by atoms with Crippen molar-refractivity contribution in [2.24, 2.45) is 0 Å². The molecule has 0 radical (unpaired) electrons. The van der Waals surface area contributed by atoms with Crippen molar-refractivity contribution in [2.45, 2.75) is 26.4 Å². The monoisotopic (exact) mass is 304 g/mol. The lowest BCUT2D eigenvalue weighted by Crippen LogP contribution is -2.27. The van der Waals surface area contributed by atoms with E-state index in [-0.39, 0.29) is 0 Å². The van der Waals surface area contributed by atoms with Gasteiger partial charge >= 0.3 is 6.09 Å². The van der Waals surface area contributed by atoms with Gasteiger partial charge in [0.25, 0.3) is 0 Å². The predicted molar refractivity (Wildman–Crippen MR) is 82.9 cm³/mol. The van der Waals surface area contributed by atoms with Gasteiger partial charge in [-0.3, -0.25) is 5.32 Å². The molecule has 2 rings (SSSR count). The van der Waals surface area contributed by atoms with Gasteiger partial charge in [-0.2, -0.15) is 10.2 Å². The second-order valence-corrected chi connectivity index (χ2v) is 6.04. The van der Waals surface area contributed by atoms with E-state index in [4.69, 9.17) is 4.74 Å². The van der Waals surface area contributed by atoms with E-state index >= 15 is 0 Å². The van der Waals surface area contributed by atoms with Crippen molar-refractivity contribution >= 4 is 34.7 Å². The van der Waals surface area contributed by atoms with Crippen LogP contribution in [0, 0.1) is 0 Å². The van der Waals surface area contributed by atoms with Gasteiger partial charge in [-0.05, 0) is 45.1 Å². The summed E-state index contributed by atoms with van der Waals surface area (Å²) in [6, 6.07) is 3.65. The number of carbonyl (C=O) groups is 1. The van der Waals surface area contributed by atoms with Crippen LogP contribution < -0.4 is 5.32 Å². The highest BCUT2D eigenvalue weighted by Crippen LogP contribution is 2.18. The maximum absolute atomic E-state index is 11.6. The second kappa shape index (κ2) is 6.45. The zero-order valence-electron chi connectivity index (χ0n) is 12.0. The van der Waals surface area contributed by atoms with Crippen LogP contribution in [0.2, 0.25) is 0 Å². The quantitative estimate of drug-likeness (QED) is 0.939. The number of anilines is 1. The molecule has 0 bridgehead atoms. The molecule has 0 spiro atoms. The Balaban J connectivity index is 1.96. The van der Waals surface area contributed by atoms with Crippen molar-refractivity contribution in [3.05, 3.63) is 35.1 Å². The lowest BCUT2D eigenvalue weighted by molar-refractivity contribution is 0.0636. The summed E-state index contributed by atoms with van der Waals surface area (Å²) in [4.78, 5) is 15.9. The molecule has 110 valence electrons. The molecule has 0 atom stereocenters. The van der Waals surface area contributed by atoms with Crippen molar-refractivity contribution < 1.29 is 9.53 Å².